The molecular formula is C10H20N2S. The van der Waals surface area contributed by atoms with Crippen LogP contribution in [0.15, 0.2) is 0 Å². The van der Waals surface area contributed by atoms with E-state index in [9.17, 15) is 0 Å². The summed E-state index contributed by atoms with van der Waals surface area (Å²) in [6, 6.07) is 0.322. The van der Waals surface area contributed by atoms with E-state index in [4.69, 9.17) is 18.0 Å². The number of hydrogen-bond acceptors (Lipinski definition) is 2. The van der Waals surface area contributed by atoms with E-state index in [1.54, 1.807) is 0 Å². The molecule has 3 atom stereocenters. The number of thiocarbonyl (C=S) groups is 1. The average Bonchev–Trinajstić information content (AvgIpc) is 2.32. The fourth-order valence-electron chi connectivity index (χ4n) is 2.07. The maximum absolute atomic E-state index is 5.71. The summed E-state index contributed by atoms with van der Waals surface area (Å²) in [5.41, 5.74) is 5.71. The highest BCUT2D eigenvalue weighted by molar-refractivity contribution is 7.80. The zero-order valence-electron chi connectivity index (χ0n) is 8.79. The fourth-order valence-corrected chi connectivity index (χ4v) is 2.38. The summed E-state index contributed by atoms with van der Waals surface area (Å²) < 4.78 is 0. The van der Waals surface area contributed by atoms with Crippen LogP contribution in [0.2, 0.25) is 0 Å². The molecule has 0 aromatic rings. The van der Waals surface area contributed by atoms with E-state index in [-0.39, 0.29) is 0 Å². The smallest absolute Gasteiger partial charge is 0.0901 e. The Kier molecular flexibility index (Phi) is 3.68. The molecule has 2 N–H and O–H groups in total. The second-order valence-electron chi connectivity index (χ2n) is 4.23. The summed E-state index contributed by atoms with van der Waals surface area (Å²) in [5, 5.41) is 0. The van der Waals surface area contributed by atoms with Gasteiger partial charge in [0.2, 0.25) is 0 Å². The minimum atomic E-state index is 0.322. The molecule has 1 aliphatic heterocycles. The van der Waals surface area contributed by atoms with Gasteiger partial charge in [0.15, 0.2) is 0 Å². The summed E-state index contributed by atoms with van der Waals surface area (Å²) in [6.45, 7) is 9.05. The van der Waals surface area contributed by atoms with Crippen molar-refractivity contribution in [3.63, 3.8) is 0 Å². The predicted molar refractivity (Wildman–Crippen MR) is 60.8 cm³/mol. The van der Waals surface area contributed by atoms with E-state index in [0.29, 0.717) is 11.0 Å². The van der Waals surface area contributed by atoms with Crippen molar-refractivity contribution >= 4 is 17.2 Å². The highest BCUT2D eigenvalue weighted by Gasteiger charge is 2.31. The molecule has 0 saturated carbocycles. The van der Waals surface area contributed by atoms with Crippen molar-refractivity contribution in [3.05, 3.63) is 0 Å². The highest BCUT2D eigenvalue weighted by atomic mass is 32.1. The Morgan fingerprint density at radius 1 is 1.46 bits per heavy atom. The molecule has 1 fully saturated rings. The monoisotopic (exact) mass is 200 g/mol. The van der Waals surface area contributed by atoms with Gasteiger partial charge in [-0.15, -0.1) is 0 Å². The Bertz CT molecular complexity index is 183. The van der Waals surface area contributed by atoms with Gasteiger partial charge in [-0.2, -0.15) is 0 Å². The van der Waals surface area contributed by atoms with Crippen LogP contribution in [-0.2, 0) is 0 Å². The molecular weight excluding hydrogens is 180 g/mol. The second kappa shape index (κ2) is 4.38. The van der Waals surface area contributed by atoms with Crippen molar-refractivity contribution in [1.82, 2.24) is 4.90 Å². The summed E-state index contributed by atoms with van der Waals surface area (Å²) in [6.07, 6.45) is 1.04. The third-order valence-corrected chi connectivity index (χ3v) is 3.44. The van der Waals surface area contributed by atoms with Gasteiger partial charge < -0.3 is 5.73 Å². The molecule has 0 aromatic carbocycles. The van der Waals surface area contributed by atoms with E-state index in [1.807, 2.05) is 0 Å². The molecule has 0 bridgehead atoms. The Labute approximate surface area is 86.5 Å². The van der Waals surface area contributed by atoms with Crippen molar-refractivity contribution in [1.29, 1.82) is 0 Å². The van der Waals surface area contributed by atoms with Gasteiger partial charge in [-0.3, -0.25) is 4.90 Å². The Balaban J connectivity index is 2.57. The molecule has 0 amide bonds. The van der Waals surface area contributed by atoms with Crippen LogP contribution in [0, 0.1) is 11.8 Å². The van der Waals surface area contributed by atoms with E-state index in [1.165, 1.54) is 0 Å². The summed E-state index contributed by atoms with van der Waals surface area (Å²) >= 11 is 5.07. The minimum Gasteiger partial charge on any atom is -0.392 e. The second-order valence-corrected chi connectivity index (χ2v) is 4.71. The molecule has 1 saturated heterocycles. The summed E-state index contributed by atoms with van der Waals surface area (Å²) in [7, 11) is 0. The molecule has 3 unspecified atom stereocenters. The topological polar surface area (TPSA) is 29.3 Å². The lowest BCUT2D eigenvalue weighted by molar-refractivity contribution is 0.281. The number of rotatable bonds is 3. The van der Waals surface area contributed by atoms with Gasteiger partial charge in [-0.25, -0.2) is 0 Å². The highest BCUT2D eigenvalue weighted by Crippen LogP contribution is 2.24. The third kappa shape index (κ3) is 2.41. The molecule has 76 valence electrons. The van der Waals surface area contributed by atoms with Gasteiger partial charge in [0, 0.05) is 13.1 Å². The Morgan fingerprint density at radius 2 is 1.92 bits per heavy atom. The molecule has 1 aliphatic rings. The molecule has 3 heteroatoms. The van der Waals surface area contributed by atoms with Crippen LogP contribution in [0.5, 0.6) is 0 Å². The molecule has 0 aliphatic carbocycles. The number of likely N-dealkylation sites (tertiary alicyclic amines) is 1. The SMILES string of the molecule is CCC(C(N)=S)N1CC(C)C(C)C1. The first-order valence-corrected chi connectivity index (χ1v) is 5.50. The lowest BCUT2D eigenvalue weighted by Crippen LogP contribution is -2.42. The standard InChI is InChI=1S/C10H20N2S/c1-4-9(10(11)13)12-5-7(2)8(3)6-12/h7-9H,4-6H2,1-3H3,(H2,11,13). The van der Waals surface area contributed by atoms with Crippen molar-refractivity contribution in [2.75, 3.05) is 13.1 Å². The van der Waals surface area contributed by atoms with Gasteiger partial charge in [0.05, 0.1) is 11.0 Å². The third-order valence-electron chi connectivity index (χ3n) is 3.17. The van der Waals surface area contributed by atoms with Crippen LogP contribution in [0.25, 0.3) is 0 Å². The fraction of sp³-hybridized carbons (Fsp3) is 0.900. The number of nitrogens with two attached hydrogens (primary N) is 1. The maximum Gasteiger partial charge on any atom is 0.0901 e. The number of hydrogen-bond donors (Lipinski definition) is 1. The quantitative estimate of drug-likeness (QED) is 0.702. The van der Waals surface area contributed by atoms with Gasteiger partial charge in [0.1, 0.15) is 0 Å². The molecule has 13 heavy (non-hydrogen) atoms. The van der Waals surface area contributed by atoms with Gasteiger partial charge in [-0.1, -0.05) is 33.0 Å². The van der Waals surface area contributed by atoms with E-state index in [0.717, 1.165) is 31.3 Å². The first kappa shape index (κ1) is 10.9. The van der Waals surface area contributed by atoms with Crippen LogP contribution in [-0.4, -0.2) is 29.0 Å². The molecule has 0 radical (unpaired) electrons. The molecule has 0 spiro atoms. The largest absolute Gasteiger partial charge is 0.392 e. The molecule has 2 nitrogen and oxygen atoms in total. The predicted octanol–water partition coefficient (Wildman–Crippen LogP) is 1.64. The lowest BCUT2D eigenvalue weighted by Gasteiger charge is -2.25. The normalized spacial score (nSPS) is 31.9. The lowest BCUT2D eigenvalue weighted by atomic mass is 10.0. The number of nitrogens with zero attached hydrogens (tertiary/aromatic N) is 1. The summed E-state index contributed by atoms with van der Waals surface area (Å²) in [5.74, 6) is 1.56. The van der Waals surface area contributed by atoms with Crippen LogP contribution in [0.4, 0.5) is 0 Å². The zero-order chi connectivity index (χ0) is 10.0. The van der Waals surface area contributed by atoms with Crippen LogP contribution in [0.3, 0.4) is 0 Å². The van der Waals surface area contributed by atoms with E-state index < -0.39 is 0 Å². The molecule has 0 aromatic heterocycles. The van der Waals surface area contributed by atoms with Gasteiger partial charge >= 0.3 is 0 Å². The summed E-state index contributed by atoms with van der Waals surface area (Å²) in [4.78, 5) is 3.08. The molecule has 1 heterocycles. The van der Waals surface area contributed by atoms with E-state index in [2.05, 4.69) is 25.7 Å². The van der Waals surface area contributed by atoms with Crippen molar-refractivity contribution in [3.8, 4) is 0 Å². The van der Waals surface area contributed by atoms with Crippen LogP contribution >= 0.6 is 12.2 Å². The van der Waals surface area contributed by atoms with Crippen molar-refractivity contribution in [2.45, 2.75) is 33.2 Å². The first-order valence-electron chi connectivity index (χ1n) is 5.09. The Hall–Kier alpha value is -0.150. The minimum absolute atomic E-state index is 0.322. The maximum atomic E-state index is 5.71. The molecule has 1 rings (SSSR count). The average molecular weight is 200 g/mol. The van der Waals surface area contributed by atoms with Crippen molar-refractivity contribution in [2.24, 2.45) is 17.6 Å². The van der Waals surface area contributed by atoms with Crippen molar-refractivity contribution < 1.29 is 0 Å². The van der Waals surface area contributed by atoms with E-state index >= 15 is 0 Å². The van der Waals surface area contributed by atoms with Gasteiger partial charge in [0.25, 0.3) is 0 Å². The first-order chi connectivity index (χ1) is 6.06. The van der Waals surface area contributed by atoms with Gasteiger partial charge in [-0.05, 0) is 18.3 Å². The van der Waals surface area contributed by atoms with Crippen LogP contribution in [0.1, 0.15) is 27.2 Å². The van der Waals surface area contributed by atoms with Crippen LogP contribution < -0.4 is 5.73 Å². The Morgan fingerprint density at radius 3 is 2.23 bits per heavy atom. The zero-order valence-corrected chi connectivity index (χ0v) is 9.60.